The molecule has 0 saturated heterocycles. The van der Waals surface area contributed by atoms with Crippen molar-refractivity contribution in [2.75, 3.05) is 0 Å². The third-order valence-electron chi connectivity index (χ3n) is 2.08. The summed E-state index contributed by atoms with van der Waals surface area (Å²) in [6.07, 6.45) is 4.02. The molecule has 1 rings (SSSR count). The van der Waals surface area contributed by atoms with Crippen LogP contribution in [0.2, 0.25) is 0 Å². The van der Waals surface area contributed by atoms with E-state index in [1.807, 2.05) is 13.1 Å². The Morgan fingerprint density at radius 2 is 2.08 bits per heavy atom. The smallest absolute Gasteiger partial charge is 0.0447 e. The zero-order valence-electron chi connectivity index (χ0n) is 8.18. The monoisotopic (exact) mass is 161 g/mol. The molecule has 0 N–H and O–H groups in total. The predicted octanol–water partition coefficient (Wildman–Crippen LogP) is 3.12. The number of aromatic nitrogens is 1. The molecule has 0 aromatic carbocycles. The van der Waals surface area contributed by atoms with Gasteiger partial charge in [-0.3, -0.25) is 4.98 Å². The Hall–Kier alpha value is -1.11. The lowest BCUT2D eigenvalue weighted by molar-refractivity contribution is 1.15. The van der Waals surface area contributed by atoms with E-state index in [9.17, 15) is 0 Å². The van der Waals surface area contributed by atoms with Crippen LogP contribution in [0, 0.1) is 13.8 Å². The fourth-order valence-electron chi connectivity index (χ4n) is 1.19. The number of rotatable bonds is 1. The van der Waals surface area contributed by atoms with E-state index in [0.717, 1.165) is 5.69 Å². The van der Waals surface area contributed by atoms with Gasteiger partial charge < -0.3 is 0 Å². The van der Waals surface area contributed by atoms with Crippen LogP contribution >= 0.6 is 0 Å². The van der Waals surface area contributed by atoms with Gasteiger partial charge in [0.1, 0.15) is 0 Å². The van der Waals surface area contributed by atoms with Crippen molar-refractivity contribution in [1.29, 1.82) is 0 Å². The minimum absolute atomic E-state index is 1.11. The standard InChI is InChI=1S/C11H15N/c1-5-9(3)11-6-8(2)7-12-10(11)4/h5-7H,1-4H3/b9-5-. The maximum atomic E-state index is 4.31. The molecule has 0 fully saturated rings. The van der Waals surface area contributed by atoms with Gasteiger partial charge in [0.2, 0.25) is 0 Å². The van der Waals surface area contributed by atoms with Gasteiger partial charge in [0, 0.05) is 11.9 Å². The summed E-state index contributed by atoms with van der Waals surface area (Å²) in [6, 6.07) is 2.18. The quantitative estimate of drug-likeness (QED) is 0.616. The first-order chi connectivity index (χ1) is 5.65. The van der Waals surface area contributed by atoms with Crippen LogP contribution in [-0.2, 0) is 0 Å². The topological polar surface area (TPSA) is 12.9 Å². The largest absolute Gasteiger partial charge is 0.261 e. The van der Waals surface area contributed by atoms with Crippen molar-refractivity contribution in [3.8, 4) is 0 Å². The van der Waals surface area contributed by atoms with Crippen LogP contribution in [0.3, 0.4) is 0 Å². The highest BCUT2D eigenvalue weighted by molar-refractivity contribution is 5.65. The first kappa shape index (κ1) is 8.98. The molecule has 1 nitrogen and oxygen atoms in total. The van der Waals surface area contributed by atoms with E-state index in [0.29, 0.717) is 0 Å². The molecular weight excluding hydrogens is 146 g/mol. The van der Waals surface area contributed by atoms with E-state index in [4.69, 9.17) is 0 Å². The SMILES string of the molecule is C/C=C(/C)c1cc(C)cnc1C. The zero-order chi connectivity index (χ0) is 9.14. The summed E-state index contributed by atoms with van der Waals surface area (Å²) in [4.78, 5) is 4.31. The Balaban J connectivity index is 3.23. The lowest BCUT2D eigenvalue weighted by Gasteiger charge is -2.05. The maximum absolute atomic E-state index is 4.31. The molecule has 0 saturated carbocycles. The van der Waals surface area contributed by atoms with Gasteiger partial charge in [-0.1, -0.05) is 6.08 Å². The van der Waals surface area contributed by atoms with E-state index in [1.165, 1.54) is 16.7 Å². The summed E-state index contributed by atoms with van der Waals surface area (Å²) in [5.41, 5.74) is 4.88. The van der Waals surface area contributed by atoms with Gasteiger partial charge in [-0.05, 0) is 50.5 Å². The third kappa shape index (κ3) is 1.73. The number of hydrogen-bond acceptors (Lipinski definition) is 1. The van der Waals surface area contributed by atoms with Crippen LogP contribution in [0.1, 0.15) is 30.7 Å². The minimum atomic E-state index is 1.11. The molecule has 0 spiro atoms. The van der Waals surface area contributed by atoms with Crippen molar-refractivity contribution in [2.45, 2.75) is 27.7 Å². The molecular formula is C11H15N. The summed E-state index contributed by atoms with van der Waals surface area (Å²) in [6.45, 7) is 8.28. The Morgan fingerprint density at radius 3 is 2.67 bits per heavy atom. The van der Waals surface area contributed by atoms with Crippen LogP contribution < -0.4 is 0 Å². The normalized spacial score (nSPS) is 11.8. The highest BCUT2D eigenvalue weighted by atomic mass is 14.7. The maximum Gasteiger partial charge on any atom is 0.0447 e. The number of aryl methyl sites for hydroxylation is 2. The van der Waals surface area contributed by atoms with Gasteiger partial charge in [-0.15, -0.1) is 0 Å². The Morgan fingerprint density at radius 1 is 1.42 bits per heavy atom. The predicted molar refractivity (Wildman–Crippen MR) is 53.0 cm³/mol. The van der Waals surface area contributed by atoms with Gasteiger partial charge in [0.05, 0.1) is 0 Å². The van der Waals surface area contributed by atoms with Crippen molar-refractivity contribution in [1.82, 2.24) is 4.98 Å². The molecule has 0 bridgehead atoms. The van der Waals surface area contributed by atoms with Crippen LogP contribution in [0.25, 0.3) is 5.57 Å². The highest BCUT2D eigenvalue weighted by Gasteiger charge is 2.00. The molecule has 1 heteroatoms. The lowest BCUT2D eigenvalue weighted by atomic mass is 10.0. The molecule has 0 amide bonds. The molecule has 0 atom stereocenters. The first-order valence-corrected chi connectivity index (χ1v) is 4.21. The van der Waals surface area contributed by atoms with Crippen LogP contribution in [0.4, 0.5) is 0 Å². The van der Waals surface area contributed by atoms with E-state index < -0.39 is 0 Å². The number of allylic oxidation sites excluding steroid dienone is 2. The second-order valence-corrected chi connectivity index (χ2v) is 3.12. The van der Waals surface area contributed by atoms with E-state index in [2.05, 4.69) is 37.9 Å². The second-order valence-electron chi connectivity index (χ2n) is 3.12. The number of pyridine rings is 1. The molecule has 12 heavy (non-hydrogen) atoms. The van der Waals surface area contributed by atoms with Crippen molar-refractivity contribution in [3.05, 3.63) is 35.2 Å². The highest BCUT2D eigenvalue weighted by Crippen LogP contribution is 2.17. The minimum Gasteiger partial charge on any atom is -0.261 e. The van der Waals surface area contributed by atoms with E-state index in [1.54, 1.807) is 0 Å². The molecule has 0 unspecified atom stereocenters. The lowest BCUT2D eigenvalue weighted by Crippen LogP contribution is -1.90. The van der Waals surface area contributed by atoms with Gasteiger partial charge >= 0.3 is 0 Å². The molecule has 0 aliphatic carbocycles. The average Bonchev–Trinajstić information content (AvgIpc) is 2.08. The van der Waals surface area contributed by atoms with Crippen molar-refractivity contribution >= 4 is 5.57 Å². The second kappa shape index (κ2) is 3.53. The first-order valence-electron chi connectivity index (χ1n) is 4.21. The van der Waals surface area contributed by atoms with Gasteiger partial charge in [0.25, 0.3) is 0 Å². The molecule has 64 valence electrons. The fraction of sp³-hybridized carbons (Fsp3) is 0.364. The molecule has 0 aliphatic heterocycles. The van der Waals surface area contributed by atoms with Crippen molar-refractivity contribution in [3.63, 3.8) is 0 Å². The summed E-state index contributed by atoms with van der Waals surface area (Å²) in [5, 5.41) is 0. The van der Waals surface area contributed by atoms with Gasteiger partial charge in [-0.2, -0.15) is 0 Å². The average molecular weight is 161 g/mol. The zero-order valence-corrected chi connectivity index (χ0v) is 8.18. The van der Waals surface area contributed by atoms with E-state index in [-0.39, 0.29) is 0 Å². The summed E-state index contributed by atoms with van der Waals surface area (Å²) >= 11 is 0. The van der Waals surface area contributed by atoms with Crippen LogP contribution in [0.5, 0.6) is 0 Å². The number of nitrogens with zero attached hydrogens (tertiary/aromatic N) is 1. The third-order valence-corrected chi connectivity index (χ3v) is 2.08. The summed E-state index contributed by atoms with van der Waals surface area (Å²) in [7, 11) is 0. The number of hydrogen-bond donors (Lipinski definition) is 0. The molecule has 0 aliphatic rings. The Labute approximate surface area is 74.2 Å². The fourth-order valence-corrected chi connectivity index (χ4v) is 1.19. The summed E-state index contributed by atoms with van der Waals surface area (Å²) < 4.78 is 0. The molecule has 0 radical (unpaired) electrons. The molecule has 1 aromatic rings. The summed E-state index contributed by atoms with van der Waals surface area (Å²) in [5.74, 6) is 0. The van der Waals surface area contributed by atoms with Crippen molar-refractivity contribution < 1.29 is 0 Å². The van der Waals surface area contributed by atoms with Crippen LogP contribution in [-0.4, -0.2) is 4.98 Å². The van der Waals surface area contributed by atoms with E-state index >= 15 is 0 Å². The van der Waals surface area contributed by atoms with Gasteiger partial charge in [-0.25, -0.2) is 0 Å². The Kier molecular flexibility index (Phi) is 2.64. The Bertz CT molecular complexity index is 311. The van der Waals surface area contributed by atoms with Crippen LogP contribution in [0.15, 0.2) is 18.3 Å². The van der Waals surface area contributed by atoms with Crippen molar-refractivity contribution in [2.24, 2.45) is 0 Å². The molecule has 1 heterocycles. The van der Waals surface area contributed by atoms with Gasteiger partial charge in [0.15, 0.2) is 0 Å². The molecule has 1 aromatic heterocycles.